The Bertz CT molecular complexity index is 427. The summed E-state index contributed by atoms with van der Waals surface area (Å²) in [5.41, 5.74) is 2.60. The standard InChI is InChI=1S/C16H25N3.HI/c1-3-17-16(18-11-10-14-8-9-14)19-12-15-7-5-4-6-13(15)2;/h4-7,14H,3,8-12H2,1-2H3,(H2,17,18,19);1H. The van der Waals surface area contributed by atoms with E-state index in [9.17, 15) is 0 Å². The third-order valence-corrected chi connectivity index (χ3v) is 3.55. The quantitative estimate of drug-likeness (QED) is 0.446. The number of nitrogens with one attached hydrogen (secondary N) is 2. The molecule has 1 saturated carbocycles. The molecule has 0 spiro atoms. The molecule has 3 nitrogen and oxygen atoms in total. The van der Waals surface area contributed by atoms with Crippen molar-refractivity contribution in [1.82, 2.24) is 10.6 Å². The molecule has 1 fully saturated rings. The topological polar surface area (TPSA) is 36.4 Å². The fourth-order valence-electron chi connectivity index (χ4n) is 2.09. The van der Waals surface area contributed by atoms with Crippen LogP contribution in [0.25, 0.3) is 0 Å². The van der Waals surface area contributed by atoms with Crippen LogP contribution in [0.15, 0.2) is 29.3 Å². The Kier molecular flexibility index (Phi) is 7.95. The van der Waals surface area contributed by atoms with Crippen LogP contribution in [-0.2, 0) is 6.54 Å². The van der Waals surface area contributed by atoms with E-state index in [-0.39, 0.29) is 24.0 Å². The summed E-state index contributed by atoms with van der Waals surface area (Å²) in [6, 6.07) is 8.43. The molecule has 20 heavy (non-hydrogen) atoms. The molecule has 0 saturated heterocycles. The van der Waals surface area contributed by atoms with Gasteiger partial charge in [0, 0.05) is 13.1 Å². The number of rotatable bonds is 6. The van der Waals surface area contributed by atoms with Gasteiger partial charge in [-0.05, 0) is 37.3 Å². The van der Waals surface area contributed by atoms with Gasteiger partial charge < -0.3 is 10.6 Å². The molecular weight excluding hydrogens is 361 g/mol. The summed E-state index contributed by atoms with van der Waals surface area (Å²) in [6.07, 6.45) is 4.10. The Morgan fingerprint density at radius 3 is 2.65 bits per heavy atom. The zero-order valence-corrected chi connectivity index (χ0v) is 14.8. The molecule has 1 aliphatic carbocycles. The molecule has 0 radical (unpaired) electrons. The highest BCUT2D eigenvalue weighted by molar-refractivity contribution is 14.0. The zero-order chi connectivity index (χ0) is 13.5. The molecule has 0 amide bonds. The Morgan fingerprint density at radius 2 is 2.00 bits per heavy atom. The minimum atomic E-state index is 0. The Balaban J connectivity index is 0.00000200. The van der Waals surface area contributed by atoms with Crippen molar-refractivity contribution >= 4 is 29.9 Å². The Labute approximate surface area is 139 Å². The summed E-state index contributed by atoms with van der Waals surface area (Å²) < 4.78 is 0. The highest BCUT2D eigenvalue weighted by atomic mass is 127. The lowest BCUT2D eigenvalue weighted by Gasteiger charge is -2.11. The van der Waals surface area contributed by atoms with Crippen LogP contribution in [0.1, 0.15) is 37.3 Å². The lowest BCUT2D eigenvalue weighted by atomic mass is 10.1. The highest BCUT2D eigenvalue weighted by Gasteiger charge is 2.20. The van der Waals surface area contributed by atoms with E-state index in [1.54, 1.807) is 0 Å². The van der Waals surface area contributed by atoms with Crippen LogP contribution in [0.3, 0.4) is 0 Å². The van der Waals surface area contributed by atoms with Crippen molar-refractivity contribution in [1.29, 1.82) is 0 Å². The molecule has 0 atom stereocenters. The molecule has 1 aromatic carbocycles. The van der Waals surface area contributed by atoms with E-state index >= 15 is 0 Å². The van der Waals surface area contributed by atoms with Crippen molar-refractivity contribution in [2.45, 2.75) is 39.7 Å². The molecule has 0 unspecified atom stereocenters. The first-order chi connectivity index (χ1) is 9.29. The number of guanidine groups is 1. The van der Waals surface area contributed by atoms with E-state index in [1.807, 2.05) is 0 Å². The van der Waals surface area contributed by atoms with E-state index in [0.717, 1.165) is 31.5 Å². The lowest BCUT2D eigenvalue weighted by Crippen LogP contribution is -2.37. The van der Waals surface area contributed by atoms with Gasteiger partial charge in [0.25, 0.3) is 0 Å². The molecule has 2 rings (SSSR count). The first-order valence-corrected chi connectivity index (χ1v) is 7.36. The molecule has 0 aromatic heterocycles. The van der Waals surface area contributed by atoms with Crippen LogP contribution in [0.5, 0.6) is 0 Å². The van der Waals surface area contributed by atoms with Gasteiger partial charge in [-0.2, -0.15) is 0 Å². The van der Waals surface area contributed by atoms with E-state index < -0.39 is 0 Å². The van der Waals surface area contributed by atoms with E-state index in [0.29, 0.717) is 0 Å². The summed E-state index contributed by atoms with van der Waals surface area (Å²) in [7, 11) is 0. The first-order valence-electron chi connectivity index (χ1n) is 7.36. The maximum atomic E-state index is 4.66. The Hall–Kier alpha value is -0.780. The summed E-state index contributed by atoms with van der Waals surface area (Å²) >= 11 is 0. The summed E-state index contributed by atoms with van der Waals surface area (Å²) in [5, 5.41) is 6.73. The molecule has 2 N–H and O–H groups in total. The van der Waals surface area contributed by atoms with Gasteiger partial charge in [0.05, 0.1) is 6.54 Å². The van der Waals surface area contributed by atoms with Gasteiger partial charge in [-0.15, -0.1) is 24.0 Å². The smallest absolute Gasteiger partial charge is 0.191 e. The molecule has 112 valence electrons. The van der Waals surface area contributed by atoms with Crippen LogP contribution >= 0.6 is 24.0 Å². The molecule has 4 heteroatoms. The average Bonchev–Trinajstić information content (AvgIpc) is 3.22. The number of halogens is 1. The number of aliphatic imine (C=N–C) groups is 1. The van der Waals surface area contributed by atoms with Crippen molar-refractivity contribution < 1.29 is 0 Å². The van der Waals surface area contributed by atoms with E-state index in [2.05, 4.69) is 53.7 Å². The van der Waals surface area contributed by atoms with Gasteiger partial charge in [-0.1, -0.05) is 37.1 Å². The van der Waals surface area contributed by atoms with E-state index in [4.69, 9.17) is 0 Å². The van der Waals surface area contributed by atoms with Gasteiger partial charge in [-0.25, -0.2) is 4.99 Å². The minimum absolute atomic E-state index is 0. The van der Waals surface area contributed by atoms with Crippen LogP contribution < -0.4 is 10.6 Å². The molecule has 1 aromatic rings. The maximum absolute atomic E-state index is 4.66. The number of nitrogens with zero attached hydrogens (tertiary/aromatic N) is 1. The predicted octanol–water partition coefficient (Wildman–Crippen LogP) is 3.47. The second kappa shape index (κ2) is 9.21. The second-order valence-corrected chi connectivity index (χ2v) is 5.28. The molecule has 0 heterocycles. The highest BCUT2D eigenvalue weighted by Crippen LogP contribution is 2.31. The molecule has 0 bridgehead atoms. The van der Waals surface area contributed by atoms with Crippen molar-refractivity contribution in [3.8, 4) is 0 Å². The summed E-state index contributed by atoms with van der Waals surface area (Å²) in [4.78, 5) is 4.66. The molecule has 1 aliphatic rings. The van der Waals surface area contributed by atoms with Crippen LogP contribution in [0.4, 0.5) is 0 Å². The van der Waals surface area contributed by atoms with Crippen LogP contribution in [0.2, 0.25) is 0 Å². The van der Waals surface area contributed by atoms with Gasteiger partial charge in [0.1, 0.15) is 0 Å². The van der Waals surface area contributed by atoms with Gasteiger partial charge in [0.15, 0.2) is 5.96 Å². The third kappa shape index (κ3) is 6.11. The summed E-state index contributed by atoms with van der Waals surface area (Å²) in [5.74, 6) is 1.90. The number of aryl methyl sites for hydroxylation is 1. The maximum Gasteiger partial charge on any atom is 0.191 e. The minimum Gasteiger partial charge on any atom is -0.357 e. The van der Waals surface area contributed by atoms with Crippen molar-refractivity contribution in [3.63, 3.8) is 0 Å². The lowest BCUT2D eigenvalue weighted by molar-refractivity contribution is 0.685. The van der Waals surface area contributed by atoms with Gasteiger partial charge in [-0.3, -0.25) is 0 Å². The SMILES string of the molecule is CCNC(=NCc1ccccc1C)NCCC1CC1.I. The third-order valence-electron chi connectivity index (χ3n) is 3.55. The number of benzene rings is 1. The number of hydrogen-bond donors (Lipinski definition) is 2. The average molecular weight is 387 g/mol. The van der Waals surface area contributed by atoms with Crippen molar-refractivity contribution in [2.24, 2.45) is 10.9 Å². The van der Waals surface area contributed by atoms with Crippen molar-refractivity contribution in [2.75, 3.05) is 13.1 Å². The van der Waals surface area contributed by atoms with Crippen molar-refractivity contribution in [3.05, 3.63) is 35.4 Å². The van der Waals surface area contributed by atoms with Crippen LogP contribution in [-0.4, -0.2) is 19.0 Å². The second-order valence-electron chi connectivity index (χ2n) is 5.28. The predicted molar refractivity (Wildman–Crippen MR) is 96.8 cm³/mol. The zero-order valence-electron chi connectivity index (χ0n) is 12.5. The normalized spacial score (nSPS) is 14.6. The van der Waals surface area contributed by atoms with Gasteiger partial charge >= 0.3 is 0 Å². The fraction of sp³-hybridized carbons (Fsp3) is 0.562. The largest absolute Gasteiger partial charge is 0.357 e. The first kappa shape index (κ1) is 17.3. The van der Waals surface area contributed by atoms with E-state index in [1.165, 1.54) is 30.4 Å². The molecule has 0 aliphatic heterocycles. The number of hydrogen-bond acceptors (Lipinski definition) is 1. The van der Waals surface area contributed by atoms with Gasteiger partial charge in [0.2, 0.25) is 0 Å². The summed E-state index contributed by atoms with van der Waals surface area (Å²) in [6.45, 7) is 6.92. The molecular formula is C16H26IN3. The monoisotopic (exact) mass is 387 g/mol. The Morgan fingerprint density at radius 1 is 1.25 bits per heavy atom. The fourth-order valence-corrected chi connectivity index (χ4v) is 2.09. The van der Waals surface area contributed by atoms with Crippen LogP contribution in [0, 0.1) is 12.8 Å².